The summed E-state index contributed by atoms with van der Waals surface area (Å²) in [5.41, 5.74) is 1.53. The summed E-state index contributed by atoms with van der Waals surface area (Å²) in [7, 11) is 0. The molecule has 0 aliphatic carbocycles. The third-order valence-electron chi connectivity index (χ3n) is 2.89. The van der Waals surface area contributed by atoms with Gasteiger partial charge in [-0.05, 0) is 38.1 Å². The van der Waals surface area contributed by atoms with E-state index in [0.29, 0.717) is 9.75 Å². The van der Waals surface area contributed by atoms with Crippen LogP contribution in [-0.4, -0.2) is 31.4 Å². The molecule has 3 rings (SSSR count). The number of aryl methyl sites for hydroxylation is 2. The van der Waals surface area contributed by atoms with E-state index in [1.165, 1.54) is 9.36 Å². The lowest BCUT2D eigenvalue weighted by Gasteiger charge is -1.97. The second-order valence-corrected chi connectivity index (χ2v) is 5.66. The summed E-state index contributed by atoms with van der Waals surface area (Å²) in [5.74, 6) is -0.493. The Bertz CT molecular complexity index is 761. The van der Waals surface area contributed by atoms with Gasteiger partial charge in [0.15, 0.2) is 0 Å². The average molecular weight is 300 g/mol. The van der Waals surface area contributed by atoms with E-state index in [0.717, 1.165) is 22.7 Å². The number of hydrogen-bond acceptors (Lipinski definition) is 5. The second-order valence-electron chi connectivity index (χ2n) is 4.58. The Kier molecular flexibility index (Phi) is 3.26. The molecule has 0 atom stereocenters. The monoisotopic (exact) mass is 300 g/mol. The maximum atomic E-state index is 12.2. The first kappa shape index (κ1) is 13.4. The number of nitrogens with zero attached hydrogens (tertiary/aromatic N) is 4. The van der Waals surface area contributed by atoms with Crippen LogP contribution in [0.3, 0.4) is 0 Å². The van der Waals surface area contributed by atoms with Crippen LogP contribution in [0.5, 0.6) is 0 Å². The normalized spacial score (nSPS) is 10.8. The van der Waals surface area contributed by atoms with Gasteiger partial charge in [0.2, 0.25) is 0 Å². The molecule has 0 aliphatic heterocycles. The van der Waals surface area contributed by atoms with E-state index in [9.17, 15) is 9.59 Å². The zero-order chi connectivity index (χ0) is 15.0. The Morgan fingerprint density at radius 3 is 1.62 bits per heavy atom. The fourth-order valence-corrected chi connectivity index (χ4v) is 2.72. The van der Waals surface area contributed by atoms with Crippen molar-refractivity contribution in [3.63, 3.8) is 0 Å². The highest BCUT2D eigenvalue weighted by atomic mass is 32.1. The molecule has 6 nitrogen and oxygen atoms in total. The summed E-state index contributed by atoms with van der Waals surface area (Å²) in [6, 6.07) is 6.77. The van der Waals surface area contributed by atoms with Crippen LogP contribution >= 0.6 is 11.3 Å². The molecule has 0 saturated heterocycles. The molecule has 0 spiro atoms. The van der Waals surface area contributed by atoms with Gasteiger partial charge < -0.3 is 0 Å². The predicted molar refractivity (Wildman–Crippen MR) is 77.7 cm³/mol. The van der Waals surface area contributed by atoms with Crippen molar-refractivity contribution in [1.82, 2.24) is 19.6 Å². The SMILES string of the molecule is Cc1ccn(C(=O)c2ccc(C(=O)n3ccc(C)n3)s2)n1. The summed E-state index contributed by atoms with van der Waals surface area (Å²) >= 11 is 1.14. The minimum atomic E-state index is -0.246. The zero-order valence-corrected chi connectivity index (χ0v) is 12.3. The molecule has 0 fully saturated rings. The lowest BCUT2D eigenvalue weighted by atomic mass is 10.4. The van der Waals surface area contributed by atoms with Crippen LogP contribution in [0, 0.1) is 13.8 Å². The van der Waals surface area contributed by atoms with Crippen LogP contribution in [0.1, 0.15) is 30.7 Å². The molecule has 0 saturated carbocycles. The molecule has 3 heterocycles. The van der Waals surface area contributed by atoms with Gasteiger partial charge in [-0.2, -0.15) is 10.2 Å². The molecule has 0 aliphatic rings. The highest BCUT2D eigenvalue weighted by Crippen LogP contribution is 2.19. The molecule has 0 N–H and O–H groups in total. The van der Waals surface area contributed by atoms with Gasteiger partial charge in [0.05, 0.1) is 21.1 Å². The number of carbonyl (C=O) groups is 2. The van der Waals surface area contributed by atoms with Crippen LogP contribution in [0.4, 0.5) is 0 Å². The Balaban J connectivity index is 1.86. The molecule has 0 radical (unpaired) electrons. The molecule has 0 amide bonds. The summed E-state index contributed by atoms with van der Waals surface area (Å²) in [6.07, 6.45) is 3.21. The molecule has 0 bridgehead atoms. The van der Waals surface area contributed by atoms with Crippen molar-refractivity contribution < 1.29 is 9.59 Å². The van der Waals surface area contributed by atoms with Crippen molar-refractivity contribution in [2.75, 3.05) is 0 Å². The Labute approximate surface area is 124 Å². The highest BCUT2D eigenvalue weighted by Gasteiger charge is 2.17. The molecule has 7 heteroatoms. The van der Waals surface area contributed by atoms with Crippen molar-refractivity contribution in [2.24, 2.45) is 0 Å². The molecular formula is C14H12N4O2S. The van der Waals surface area contributed by atoms with E-state index in [1.54, 1.807) is 36.7 Å². The summed E-state index contributed by atoms with van der Waals surface area (Å²) in [4.78, 5) is 25.4. The van der Waals surface area contributed by atoms with E-state index in [4.69, 9.17) is 0 Å². The number of carbonyl (C=O) groups excluding carboxylic acids is 2. The smallest absolute Gasteiger partial charge is 0.266 e. The van der Waals surface area contributed by atoms with Crippen LogP contribution in [-0.2, 0) is 0 Å². The number of thiophene rings is 1. The van der Waals surface area contributed by atoms with E-state index in [1.807, 2.05) is 13.8 Å². The predicted octanol–water partition coefficient (Wildman–Crippen LogP) is 2.13. The van der Waals surface area contributed by atoms with Crippen LogP contribution in [0.15, 0.2) is 36.7 Å². The van der Waals surface area contributed by atoms with Crippen LogP contribution in [0.2, 0.25) is 0 Å². The van der Waals surface area contributed by atoms with E-state index >= 15 is 0 Å². The zero-order valence-electron chi connectivity index (χ0n) is 11.5. The third kappa shape index (κ3) is 2.55. The Morgan fingerprint density at radius 2 is 1.29 bits per heavy atom. The van der Waals surface area contributed by atoms with Crippen LogP contribution in [0.25, 0.3) is 0 Å². The van der Waals surface area contributed by atoms with E-state index in [-0.39, 0.29) is 11.8 Å². The Morgan fingerprint density at radius 1 is 0.857 bits per heavy atom. The van der Waals surface area contributed by atoms with Crippen molar-refractivity contribution >= 4 is 23.2 Å². The van der Waals surface area contributed by atoms with Gasteiger partial charge in [-0.25, -0.2) is 9.36 Å². The summed E-state index contributed by atoms with van der Waals surface area (Å²) in [5, 5.41) is 8.15. The standard InChI is InChI=1S/C14H12N4O2S/c1-9-5-7-17(15-9)13(19)11-3-4-12(21-11)14(20)18-8-6-10(2)16-18/h3-8H,1-2H3. The molecule has 3 aromatic rings. The summed E-state index contributed by atoms with van der Waals surface area (Å²) in [6.45, 7) is 3.63. The fourth-order valence-electron chi connectivity index (χ4n) is 1.85. The minimum absolute atomic E-state index is 0.246. The van der Waals surface area contributed by atoms with Gasteiger partial charge in [0.1, 0.15) is 0 Å². The maximum Gasteiger partial charge on any atom is 0.288 e. The van der Waals surface area contributed by atoms with Gasteiger partial charge >= 0.3 is 0 Å². The highest BCUT2D eigenvalue weighted by molar-refractivity contribution is 7.16. The number of rotatable bonds is 2. The third-order valence-corrected chi connectivity index (χ3v) is 3.95. The first-order valence-corrected chi connectivity index (χ1v) is 7.10. The molecule has 0 aromatic carbocycles. The summed E-state index contributed by atoms with van der Waals surface area (Å²) < 4.78 is 2.54. The van der Waals surface area contributed by atoms with Gasteiger partial charge in [-0.15, -0.1) is 11.3 Å². The maximum absolute atomic E-state index is 12.2. The number of aromatic nitrogens is 4. The first-order valence-electron chi connectivity index (χ1n) is 6.28. The van der Waals surface area contributed by atoms with Crippen molar-refractivity contribution in [2.45, 2.75) is 13.8 Å². The topological polar surface area (TPSA) is 69.8 Å². The largest absolute Gasteiger partial charge is 0.288 e. The van der Waals surface area contributed by atoms with Crippen molar-refractivity contribution in [1.29, 1.82) is 0 Å². The lowest BCUT2D eigenvalue weighted by Crippen LogP contribution is -2.12. The fraction of sp³-hybridized carbons (Fsp3) is 0.143. The minimum Gasteiger partial charge on any atom is -0.266 e. The molecule has 21 heavy (non-hydrogen) atoms. The average Bonchev–Trinajstić information content (AvgIpc) is 3.17. The second kappa shape index (κ2) is 5.10. The number of hydrogen-bond donors (Lipinski definition) is 0. The molecule has 106 valence electrons. The molecular weight excluding hydrogens is 288 g/mol. The van der Waals surface area contributed by atoms with Gasteiger partial charge in [0, 0.05) is 12.4 Å². The lowest BCUT2D eigenvalue weighted by molar-refractivity contribution is 0.0942. The van der Waals surface area contributed by atoms with Crippen molar-refractivity contribution in [3.05, 3.63) is 57.8 Å². The van der Waals surface area contributed by atoms with Crippen LogP contribution < -0.4 is 0 Å². The quantitative estimate of drug-likeness (QED) is 0.727. The van der Waals surface area contributed by atoms with Gasteiger partial charge in [0.25, 0.3) is 11.8 Å². The molecule has 0 unspecified atom stereocenters. The van der Waals surface area contributed by atoms with E-state index < -0.39 is 0 Å². The van der Waals surface area contributed by atoms with Gasteiger partial charge in [-0.3, -0.25) is 9.59 Å². The van der Waals surface area contributed by atoms with E-state index in [2.05, 4.69) is 10.2 Å². The molecule has 3 aromatic heterocycles. The van der Waals surface area contributed by atoms with Crippen molar-refractivity contribution in [3.8, 4) is 0 Å². The Hall–Kier alpha value is -2.54. The van der Waals surface area contributed by atoms with Gasteiger partial charge in [-0.1, -0.05) is 0 Å². The first-order chi connectivity index (χ1) is 10.0.